The van der Waals surface area contributed by atoms with E-state index in [1.165, 1.54) is 10.5 Å². The minimum absolute atomic E-state index is 0.213. The van der Waals surface area contributed by atoms with Crippen LogP contribution >= 0.6 is 11.8 Å². The Morgan fingerprint density at radius 2 is 2.10 bits per heavy atom. The molecule has 1 rings (SSSR count). The van der Waals surface area contributed by atoms with E-state index in [0.717, 1.165) is 25.2 Å². The van der Waals surface area contributed by atoms with Crippen molar-refractivity contribution in [2.45, 2.75) is 63.0 Å². The summed E-state index contributed by atoms with van der Waals surface area (Å²) in [6, 6.07) is 8.91. The van der Waals surface area contributed by atoms with E-state index in [-0.39, 0.29) is 4.75 Å². The number of hydrogen-bond acceptors (Lipinski definition) is 2. The van der Waals surface area contributed by atoms with Crippen LogP contribution in [0.25, 0.3) is 0 Å². The average Bonchev–Trinajstić information content (AvgIpc) is 2.38. The SMILES string of the molecule is C=C(C)OCCC(C)(CC)Sc1cccc(C(C)C)c1. The van der Waals surface area contributed by atoms with Crippen molar-refractivity contribution in [3.8, 4) is 0 Å². The maximum atomic E-state index is 5.53. The number of allylic oxidation sites excluding steroid dienone is 1. The van der Waals surface area contributed by atoms with E-state index in [1.54, 1.807) is 0 Å². The third kappa shape index (κ3) is 5.62. The Bertz CT molecular complexity index is 439. The fourth-order valence-corrected chi connectivity index (χ4v) is 3.20. The van der Waals surface area contributed by atoms with E-state index >= 15 is 0 Å². The van der Waals surface area contributed by atoms with Gasteiger partial charge in [-0.2, -0.15) is 0 Å². The van der Waals surface area contributed by atoms with Gasteiger partial charge in [0.15, 0.2) is 0 Å². The molecule has 1 unspecified atom stereocenters. The summed E-state index contributed by atoms with van der Waals surface area (Å²) in [5, 5.41) is 0. The topological polar surface area (TPSA) is 9.23 Å². The van der Waals surface area contributed by atoms with Gasteiger partial charge in [0, 0.05) is 9.64 Å². The molecule has 112 valence electrons. The summed E-state index contributed by atoms with van der Waals surface area (Å²) < 4.78 is 5.74. The van der Waals surface area contributed by atoms with Crippen molar-refractivity contribution < 1.29 is 4.74 Å². The van der Waals surface area contributed by atoms with Gasteiger partial charge in [0.25, 0.3) is 0 Å². The predicted octanol–water partition coefficient (Wildman–Crippen LogP) is 6.01. The van der Waals surface area contributed by atoms with Gasteiger partial charge in [-0.05, 0) is 50.3 Å². The second-order valence-corrected chi connectivity index (χ2v) is 7.59. The molecule has 0 aromatic heterocycles. The fourth-order valence-electron chi connectivity index (χ4n) is 1.96. The number of ether oxygens (including phenoxy) is 1. The Balaban J connectivity index is 2.71. The van der Waals surface area contributed by atoms with E-state index < -0.39 is 0 Å². The van der Waals surface area contributed by atoms with E-state index in [0.29, 0.717) is 5.92 Å². The molecule has 1 aromatic carbocycles. The van der Waals surface area contributed by atoms with Crippen molar-refractivity contribution in [3.63, 3.8) is 0 Å². The minimum atomic E-state index is 0.213. The molecular weight excluding hydrogens is 264 g/mol. The molecule has 0 aliphatic carbocycles. The lowest BCUT2D eigenvalue weighted by atomic mass is 10.0. The van der Waals surface area contributed by atoms with Crippen LogP contribution in [0.3, 0.4) is 0 Å². The summed E-state index contributed by atoms with van der Waals surface area (Å²) in [5.41, 5.74) is 1.41. The standard InChI is InChI=1S/C18H28OS/c1-7-18(6,11-12-19-15(4)5)20-17-10-8-9-16(13-17)14(2)3/h8-10,13-14H,4,7,11-12H2,1-3,5-6H3. The van der Waals surface area contributed by atoms with Crippen molar-refractivity contribution in [2.75, 3.05) is 6.61 Å². The molecule has 2 heteroatoms. The van der Waals surface area contributed by atoms with Crippen molar-refractivity contribution in [2.24, 2.45) is 0 Å². The summed E-state index contributed by atoms with van der Waals surface area (Å²) >= 11 is 1.96. The molecule has 0 bridgehead atoms. The summed E-state index contributed by atoms with van der Waals surface area (Å²) in [6.45, 7) is 15.5. The van der Waals surface area contributed by atoms with Crippen LogP contribution in [0.4, 0.5) is 0 Å². The lowest BCUT2D eigenvalue weighted by Crippen LogP contribution is -2.21. The Kier molecular flexibility index (Phi) is 6.67. The van der Waals surface area contributed by atoms with Crippen molar-refractivity contribution >= 4 is 11.8 Å². The van der Waals surface area contributed by atoms with E-state index in [9.17, 15) is 0 Å². The summed E-state index contributed by atoms with van der Waals surface area (Å²) in [7, 11) is 0. The highest BCUT2D eigenvalue weighted by molar-refractivity contribution is 8.00. The maximum Gasteiger partial charge on any atom is 0.0890 e. The van der Waals surface area contributed by atoms with Gasteiger partial charge in [0.05, 0.1) is 12.4 Å². The van der Waals surface area contributed by atoms with Crippen LogP contribution in [0.2, 0.25) is 0 Å². The third-order valence-corrected chi connectivity index (χ3v) is 5.09. The highest BCUT2D eigenvalue weighted by Crippen LogP contribution is 2.39. The summed E-state index contributed by atoms with van der Waals surface area (Å²) in [5.74, 6) is 1.38. The first-order valence-electron chi connectivity index (χ1n) is 7.43. The summed E-state index contributed by atoms with van der Waals surface area (Å²) in [6.07, 6.45) is 2.16. The lowest BCUT2D eigenvalue weighted by Gasteiger charge is -2.28. The number of rotatable bonds is 8. The Hall–Kier alpha value is -0.890. The Morgan fingerprint density at radius 1 is 1.40 bits per heavy atom. The highest BCUT2D eigenvalue weighted by atomic mass is 32.2. The van der Waals surface area contributed by atoms with Crippen molar-refractivity contribution in [1.82, 2.24) is 0 Å². The van der Waals surface area contributed by atoms with Crippen molar-refractivity contribution in [3.05, 3.63) is 42.2 Å². The molecule has 0 amide bonds. The van der Waals surface area contributed by atoms with E-state index in [4.69, 9.17) is 4.74 Å². The molecule has 0 fully saturated rings. The quantitative estimate of drug-likeness (QED) is 0.428. The van der Waals surface area contributed by atoms with Crippen LogP contribution in [-0.4, -0.2) is 11.4 Å². The molecule has 0 saturated heterocycles. The molecule has 1 aromatic rings. The van der Waals surface area contributed by atoms with Gasteiger partial charge in [0.2, 0.25) is 0 Å². The van der Waals surface area contributed by atoms with Gasteiger partial charge in [-0.15, -0.1) is 11.8 Å². The van der Waals surface area contributed by atoms with Gasteiger partial charge in [-0.25, -0.2) is 0 Å². The molecule has 0 radical (unpaired) electrons. The van der Waals surface area contributed by atoms with E-state index in [2.05, 4.69) is 58.5 Å². The Morgan fingerprint density at radius 3 is 2.65 bits per heavy atom. The Labute approximate surface area is 128 Å². The zero-order valence-corrected chi connectivity index (χ0v) is 14.3. The van der Waals surface area contributed by atoms with Gasteiger partial charge in [0.1, 0.15) is 0 Å². The van der Waals surface area contributed by atoms with Crippen LogP contribution in [0.5, 0.6) is 0 Å². The second kappa shape index (κ2) is 7.78. The predicted molar refractivity (Wildman–Crippen MR) is 90.5 cm³/mol. The third-order valence-electron chi connectivity index (χ3n) is 3.62. The molecule has 0 heterocycles. The smallest absolute Gasteiger partial charge is 0.0890 e. The molecule has 0 aliphatic heterocycles. The first kappa shape index (κ1) is 17.2. The fraction of sp³-hybridized carbons (Fsp3) is 0.556. The molecular formula is C18H28OS. The molecule has 1 nitrogen and oxygen atoms in total. The summed E-state index contributed by atoms with van der Waals surface area (Å²) in [4.78, 5) is 1.36. The number of benzene rings is 1. The van der Waals surface area contributed by atoms with E-state index in [1.807, 2.05) is 18.7 Å². The lowest BCUT2D eigenvalue weighted by molar-refractivity contribution is 0.200. The number of thioether (sulfide) groups is 1. The number of hydrogen-bond donors (Lipinski definition) is 0. The van der Waals surface area contributed by atoms with Crippen LogP contribution in [-0.2, 0) is 4.74 Å². The zero-order valence-electron chi connectivity index (χ0n) is 13.5. The largest absolute Gasteiger partial charge is 0.499 e. The highest BCUT2D eigenvalue weighted by Gasteiger charge is 2.23. The molecule has 1 atom stereocenters. The second-order valence-electron chi connectivity index (χ2n) is 5.93. The van der Waals surface area contributed by atoms with Crippen LogP contribution in [0.15, 0.2) is 41.5 Å². The minimum Gasteiger partial charge on any atom is -0.499 e. The van der Waals surface area contributed by atoms with Gasteiger partial charge in [-0.3, -0.25) is 0 Å². The molecule has 0 aliphatic rings. The molecule has 0 N–H and O–H groups in total. The first-order valence-corrected chi connectivity index (χ1v) is 8.25. The normalized spacial score (nSPS) is 14.1. The average molecular weight is 292 g/mol. The van der Waals surface area contributed by atoms with Gasteiger partial charge in [-0.1, -0.05) is 39.5 Å². The van der Waals surface area contributed by atoms with Crippen LogP contribution in [0.1, 0.15) is 58.9 Å². The molecule has 0 spiro atoms. The first-order chi connectivity index (χ1) is 9.36. The maximum absolute atomic E-state index is 5.53. The van der Waals surface area contributed by atoms with Crippen LogP contribution in [0, 0.1) is 0 Å². The van der Waals surface area contributed by atoms with Crippen molar-refractivity contribution in [1.29, 1.82) is 0 Å². The zero-order chi connectivity index (χ0) is 15.2. The molecule has 20 heavy (non-hydrogen) atoms. The van der Waals surface area contributed by atoms with Gasteiger partial charge < -0.3 is 4.74 Å². The van der Waals surface area contributed by atoms with Gasteiger partial charge >= 0.3 is 0 Å². The molecule has 0 saturated carbocycles. The monoisotopic (exact) mass is 292 g/mol. The van der Waals surface area contributed by atoms with Crippen LogP contribution < -0.4 is 0 Å².